The maximum absolute atomic E-state index is 12.4. The summed E-state index contributed by atoms with van der Waals surface area (Å²) in [6.45, 7) is 5.94. The molecule has 24 heavy (non-hydrogen) atoms. The van der Waals surface area contributed by atoms with Crippen molar-refractivity contribution in [3.63, 3.8) is 0 Å². The number of benzene rings is 1. The van der Waals surface area contributed by atoms with E-state index in [1.807, 2.05) is 29.2 Å². The first-order valence-electron chi connectivity index (χ1n) is 9.17. The number of likely N-dealkylation sites (tertiary alicyclic amines) is 2. The molecule has 0 radical (unpaired) electrons. The van der Waals surface area contributed by atoms with Gasteiger partial charge < -0.3 is 20.3 Å². The highest BCUT2D eigenvalue weighted by atomic mass is 16.5. The number of carbonyl (C=O) groups excluding carboxylic acids is 1. The number of carbonyl (C=O) groups is 1. The lowest BCUT2D eigenvalue weighted by Gasteiger charge is -2.32. The molecule has 132 valence electrons. The molecule has 5 nitrogen and oxygen atoms in total. The fourth-order valence-corrected chi connectivity index (χ4v) is 3.55. The van der Waals surface area contributed by atoms with Crippen LogP contribution >= 0.6 is 0 Å². The van der Waals surface area contributed by atoms with Crippen LogP contribution in [0.3, 0.4) is 0 Å². The molecule has 2 aliphatic rings. The van der Waals surface area contributed by atoms with E-state index in [1.165, 1.54) is 25.9 Å². The van der Waals surface area contributed by atoms with Gasteiger partial charge in [0.25, 0.3) is 0 Å². The van der Waals surface area contributed by atoms with Gasteiger partial charge in [0.2, 0.25) is 5.91 Å². The molecule has 2 saturated heterocycles. The third-order valence-corrected chi connectivity index (χ3v) is 5.09. The summed E-state index contributed by atoms with van der Waals surface area (Å²) >= 11 is 0. The van der Waals surface area contributed by atoms with Crippen molar-refractivity contribution in [3.05, 3.63) is 29.8 Å². The summed E-state index contributed by atoms with van der Waals surface area (Å²) in [7, 11) is 0. The quantitative estimate of drug-likeness (QED) is 0.809. The van der Waals surface area contributed by atoms with Gasteiger partial charge in [-0.1, -0.05) is 12.1 Å². The SMILES string of the molecule is Nc1ccc(CC(=O)N2CCC(OCCN3CCCC3)CC2)cc1. The molecule has 0 atom stereocenters. The summed E-state index contributed by atoms with van der Waals surface area (Å²) in [6, 6.07) is 7.56. The maximum Gasteiger partial charge on any atom is 0.226 e. The molecule has 0 unspecified atom stereocenters. The van der Waals surface area contributed by atoms with Crippen LogP contribution in [-0.4, -0.2) is 61.1 Å². The molecule has 0 spiro atoms. The Balaban J connectivity index is 1.35. The van der Waals surface area contributed by atoms with Crippen LogP contribution in [0.5, 0.6) is 0 Å². The van der Waals surface area contributed by atoms with Gasteiger partial charge >= 0.3 is 0 Å². The molecule has 1 amide bonds. The van der Waals surface area contributed by atoms with Crippen molar-refractivity contribution in [1.82, 2.24) is 9.80 Å². The van der Waals surface area contributed by atoms with Gasteiger partial charge in [-0.15, -0.1) is 0 Å². The highest BCUT2D eigenvalue weighted by Gasteiger charge is 2.23. The predicted molar refractivity (Wildman–Crippen MR) is 95.8 cm³/mol. The Bertz CT molecular complexity index is 518. The Kier molecular flexibility index (Phi) is 6.10. The number of nitrogen functional groups attached to an aromatic ring is 1. The van der Waals surface area contributed by atoms with Gasteiger partial charge in [-0.25, -0.2) is 0 Å². The fraction of sp³-hybridized carbons (Fsp3) is 0.632. The van der Waals surface area contributed by atoms with Gasteiger partial charge in [0.05, 0.1) is 19.1 Å². The standard InChI is InChI=1S/C19H29N3O2/c20-17-5-3-16(4-6-17)15-19(23)22-11-7-18(8-12-22)24-14-13-21-9-1-2-10-21/h3-6,18H,1-2,7-15,20H2. The maximum atomic E-state index is 12.4. The number of piperidine rings is 1. The summed E-state index contributed by atoms with van der Waals surface area (Å²) in [6.07, 6.45) is 5.33. The number of hydrogen-bond donors (Lipinski definition) is 1. The molecule has 0 aromatic heterocycles. The van der Waals surface area contributed by atoms with Crippen LogP contribution in [-0.2, 0) is 16.0 Å². The van der Waals surface area contributed by atoms with Gasteiger partial charge in [-0.05, 0) is 56.5 Å². The Morgan fingerprint density at radius 1 is 1.08 bits per heavy atom. The minimum atomic E-state index is 0.204. The van der Waals surface area contributed by atoms with Crippen molar-refractivity contribution in [2.75, 3.05) is 45.1 Å². The monoisotopic (exact) mass is 331 g/mol. The van der Waals surface area contributed by atoms with E-state index in [0.717, 1.165) is 50.3 Å². The molecule has 2 N–H and O–H groups in total. The summed E-state index contributed by atoms with van der Waals surface area (Å²) in [5, 5.41) is 0. The van der Waals surface area contributed by atoms with E-state index in [-0.39, 0.29) is 5.91 Å². The van der Waals surface area contributed by atoms with Gasteiger partial charge in [0, 0.05) is 25.3 Å². The first-order valence-corrected chi connectivity index (χ1v) is 9.17. The molecule has 2 fully saturated rings. The molecular weight excluding hydrogens is 302 g/mol. The van der Waals surface area contributed by atoms with E-state index in [9.17, 15) is 4.79 Å². The third kappa shape index (κ3) is 4.95. The highest BCUT2D eigenvalue weighted by molar-refractivity contribution is 5.79. The molecule has 3 rings (SSSR count). The largest absolute Gasteiger partial charge is 0.399 e. The molecule has 2 heterocycles. The lowest BCUT2D eigenvalue weighted by Crippen LogP contribution is -2.42. The second-order valence-electron chi connectivity index (χ2n) is 6.92. The fourth-order valence-electron chi connectivity index (χ4n) is 3.55. The van der Waals surface area contributed by atoms with Crippen LogP contribution in [0, 0.1) is 0 Å². The number of rotatable bonds is 6. The number of hydrogen-bond acceptors (Lipinski definition) is 4. The van der Waals surface area contributed by atoms with Crippen LogP contribution in [0.15, 0.2) is 24.3 Å². The summed E-state index contributed by atoms with van der Waals surface area (Å²) < 4.78 is 6.01. The van der Waals surface area contributed by atoms with Crippen molar-refractivity contribution < 1.29 is 9.53 Å². The summed E-state index contributed by atoms with van der Waals surface area (Å²) in [5.74, 6) is 0.204. The van der Waals surface area contributed by atoms with Crippen LogP contribution < -0.4 is 5.73 Å². The zero-order valence-corrected chi connectivity index (χ0v) is 14.5. The molecule has 1 aromatic carbocycles. The number of nitrogens with zero attached hydrogens (tertiary/aromatic N) is 2. The lowest BCUT2D eigenvalue weighted by atomic mass is 10.1. The second-order valence-corrected chi connectivity index (χ2v) is 6.92. The van der Waals surface area contributed by atoms with Gasteiger partial charge in [0.15, 0.2) is 0 Å². The first-order chi connectivity index (χ1) is 11.7. The molecule has 5 heteroatoms. The Hall–Kier alpha value is -1.59. The Labute approximate surface area is 144 Å². The molecule has 0 aliphatic carbocycles. The van der Waals surface area contributed by atoms with E-state index in [0.29, 0.717) is 12.5 Å². The van der Waals surface area contributed by atoms with E-state index >= 15 is 0 Å². The van der Waals surface area contributed by atoms with Crippen molar-refractivity contribution in [2.45, 2.75) is 38.2 Å². The second kappa shape index (κ2) is 8.49. The van der Waals surface area contributed by atoms with Gasteiger partial charge in [0.1, 0.15) is 0 Å². The van der Waals surface area contributed by atoms with E-state index < -0.39 is 0 Å². The molecule has 2 aliphatic heterocycles. The Morgan fingerprint density at radius 3 is 2.42 bits per heavy atom. The summed E-state index contributed by atoms with van der Waals surface area (Å²) in [4.78, 5) is 16.8. The molecular formula is C19H29N3O2. The van der Waals surface area contributed by atoms with Crippen LogP contribution in [0.25, 0.3) is 0 Å². The van der Waals surface area contributed by atoms with Crippen molar-refractivity contribution in [3.8, 4) is 0 Å². The van der Waals surface area contributed by atoms with E-state index in [4.69, 9.17) is 10.5 Å². The lowest BCUT2D eigenvalue weighted by molar-refractivity contribution is -0.133. The normalized spacial score (nSPS) is 19.8. The molecule has 0 saturated carbocycles. The molecule has 1 aromatic rings. The zero-order valence-electron chi connectivity index (χ0n) is 14.5. The predicted octanol–water partition coefficient (Wildman–Crippen LogP) is 1.91. The van der Waals surface area contributed by atoms with Crippen molar-refractivity contribution in [2.24, 2.45) is 0 Å². The smallest absolute Gasteiger partial charge is 0.226 e. The van der Waals surface area contributed by atoms with Gasteiger partial charge in [-0.3, -0.25) is 4.79 Å². The molecule has 0 bridgehead atoms. The average Bonchev–Trinajstić information content (AvgIpc) is 3.11. The minimum Gasteiger partial charge on any atom is -0.399 e. The zero-order chi connectivity index (χ0) is 16.8. The van der Waals surface area contributed by atoms with E-state index in [1.54, 1.807) is 0 Å². The Morgan fingerprint density at radius 2 is 1.75 bits per heavy atom. The number of ether oxygens (including phenoxy) is 1. The highest BCUT2D eigenvalue weighted by Crippen LogP contribution is 2.16. The number of amides is 1. The minimum absolute atomic E-state index is 0.204. The first kappa shape index (κ1) is 17.2. The topological polar surface area (TPSA) is 58.8 Å². The number of nitrogens with two attached hydrogens (primary N) is 1. The average molecular weight is 331 g/mol. The van der Waals surface area contributed by atoms with Crippen molar-refractivity contribution >= 4 is 11.6 Å². The van der Waals surface area contributed by atoms with Gasteiger partial charge in [-0.2, -0.15) is 0 Å². The van der Waals surface area contributed by atoms with Crippen molar-refractivity contribution in [1.29, 1.82) is 0 Å². The van der Waals surface area contributed by atoms with Crippen LogP contribution in [0.1, 0.15) is 31.2 Å². The van der Waals surface area contributed by atoms with Crippen LogP contribution in [0.2, 0.25) is 0 Å². The van der Waals surface area contributed by atoms with Crippen LogP contribution in [0.4, 0.5) is 5.69 Å². The number of anilines is 1. The third-order valence-electron chi connectivity index (χ3n) is 5.09. The summed E-state index contributed by atoms with van der Waals surface area (Å²) in [5.41, 5.74) is 7.44. The van der Waals surface area contributed by atoms with E-state index in [2.05, 4.69) is 4.90 Å².